The summed E-state index contributed by atoms with van der Waals surface area (Å²) < 4.78 is 0. The number of aliphatic carboxylic acids is 1. The van der Waals surface area contributed by atoms with E-state index in [1.165, 1.54) is 30.4 Å². The van der Waals surface area contributed by atoms with Crippen LogP contribution < -0.4 is 0 Å². The van der Waals surface area contributed by atoms with Gasteiger partial charge in [0.25, 0.3) is 0 Å². The number of benzene rings is 1. The van der Waals surface area contributed by atoms with Crippen molar-refractivity contribution in [3.05, 3.63) is 47.5 Å². The molecule has 1 aliphatic carbocycles. The predicted molar refractivity (Wildman–Crippen MR) is 77.4 cm³/mol. The first kappa shape index (κ1) is 13.9. The Morgan fingerprint density at radius 1 is 1.32 bits per heavy atom. The molecular formula is C17H22O2. The van der Waals surface area contributed by atoms with Gasteiger partial charge in [-0.1, -0.05) is 36.4 Å². The van der Waals surface area contributed by atoms with Gasteiger partial charge in [-0.25, -0.2) is 0 Å². The number of hydrogen-bond donors (Lipinski definition) is 1. The second-order valence-corrected chi connectivity index (χ2v) is 5.27. The first-order chi connectivity index (χ1) is 9.27. The standard InChI is InChI=1S/C17H22O2/c18-17(19)13-4-2-1-3-8-14-10-7-11-15-9-5-6-12-16(14)15/h3,5-6,8-9,12,14H,1-2,4,7,10-11,13H2,(H,18,19). The Morgan fingerprint density at radius 2 is 2.16 bits per heavy atom. The third-order valence-corrected chi connectivity index (χ3v) is 3.80. The van der Waals surface area contributed by atoms with Crippen molar-refractivity contribution in [2.24, 2.45) is 0 Å². The fraction of sp³-hybridized carbons (Fsp3) is 0.471. The highest BCUT2D eigenvalue weighted by atomic mass is 16.4. The van der Waals surface area contributed by atoms with Crippen LogP contribution in [0.3, 0.4) is 0 Å². The van der Waals surface area contributed by atoms with Gasteiger partial charge >= 0.3 is 5.97 Å². The van der Waals surface area contributed by atoms with Crippen LogP contribution in [0.2, 0.25) is 0 Å². The van der Waals surface area contributed by atoms with Crippen LogP contribution in [0.4, 0.5) is 0 Å². The highest BCUT2D eigenvalue weighted by molar-refractivity contribution is 5.66. The lowest BCUT2D eigenvalue weighted by Gasteiger charge is -2.22. The van der Waals surface area contributed by atoms with E-state index < -0.39 is 5.97 Å². The van der Waals surface area contributed by atoms with Crippen molar-refractivity contribution >= 4 is 5.97 Å². The highest BCUT2D eigenvalue weighted by Gasteiger charge is 2.16. The Balaban J connectivity index is 1.82. The Labute approximate surface area is 115 Å². The van der Waals surface area contributed by atoms with E-state index in [1.54, 1.807) is 0 Å². The minimum absolute atomic E-state index is 0.292. The molecule has 1 atom stereocenters. The lowest BCUT2D eigenvalue weighted by molar-refractivity contribution is -0.137. The maximum Gasteiger partial charge on any atom is 0.303 e. The molecule has 0 saturated heterocycles. The summed E-state index contributed by atoms with van der Waals surface area (Å²) in [6.07, 6.45) is 11.3. The van der Waals surface area contributed by atoms with Gasteiger partial charge in [-0.3, -0.25) is 4.79 Å². The molecule has 2 nitrogen and oxygen atoms in total. The predicted octanol–water partition coefficient (Wildman–Crippen LogP) is 4.31. The van der Waals surface area contributed by atoms with Crippen molar-refractivity contribution in [2.45, 2.75) is 50.9 Å². The summed E-state index contributed by atoms with van der Waals surface area (Å²) in [5.74, 6) is -0.130. The summed E-state index contributed by atoms with van der Waals surface area (Å²) in [7, 11) is 0. The third-order valence-electron chi connectivity index (χ3n) is 3.80. The largest absolute Gasteiger partial charge is 0.481 e. The van der Waals surface area contributed by atoms with Crippen molar-refractivity contribution in [1.82, 2.24) is 0 Å². The lowest BCUT2D eigenvalue weighted by Crippen LogP contribution is -2.07. The normalized spacial score (nSPS) is 18.4. The Hall–Kier alpha value is -1.57. The smallest absolute Gasteiger partial charge is 0.303 e. The molecule has 1 aliphatic rings. The molecule has 0 fully saturated rings. The van der Waals surface area contributed by atoms with E-state index in [0.29, 0.717) is 12.3 Å². The van der Waals surface area contributed by atoms with Gasteiger partial charge in [0.05, 0.1) is 0 Å². The number of allylic oxidation sites excluding steroid dienone is 2. The van der Waals surface area contributed by atoms with E-state index in [-0.39, 0.29) is 0 Å². The molecule has 2 rings (SSSR count). The average Bonchev–Trinajstić information content (AvgIpc) is 2.42. The summed E-state index contributed by atoms with van der Waals surface area (Å²) >= 11 is 0. The number of carbonyl (C=O) groups is 1. The zero-order valence-corrected chi connectivity index (χ0v) is 11.3. The molecule has 0 aliphatic heterocycles. The third kappa shape index (κ3) is 4.23. The van der Waals surface area contributed by atoms with Gasteiger partial charge in [0.15, 0.2) is 0 Å². The number of carboxylic acids is 1. The van der Waals surface area contributed by atoms with Crippen LogP contribution in [0.25, 0.3) is 0 Å². The van der Waals surface area contributed by atoms with Crippen LogP contribution in [-0.4, -0.2) is 11.1 Å². The van der Waals surface area contributed by atoms with Gasteiger partial charge < -0.3 is 5.11 Å². The second-order valence-electron chi connectivity index (χ2n) is 5.27. The van der Waals surface area contributed by atoms with Crippen LogP contribution in [0.5, 0.6) is 0 Å². The first-order valence-corrected chi connectivity index (χ1v) is 7.23. The topological polar surface area (TPSA) is 37.3 Å². The van der Waals surface area contributed by atoms with E-state index in [1.807, 2.05) is 0 Å². The summed E-state index contributed by atoms with van der Waals surface area (Å²) in [5, 5.41) is 8.57. The molecule has 1 unspecified atom stereocenters. The fourth-order valence-corrected chi connectivity index (χ4v) is 2.79. The van der Waals surface area contributed by atoms with Crippen molar-refractivity contribution in [2.75, 3.05) is 0 Å². The van der Waals surface area contributed by atoms with Gasteiger partial charge in [0.1, 0.15) is 0 Å². The number of aryl methyl sites for hydroxylation is 1. The van der Waals surface area contributed by atoms with Gasteiger partial charge in [-0.15, -0.1) is 0 Å². The molecule has 0 amide bonds. The zero-order valence-electron chi connectivity index (χ0n) is 11.3. The number of carboxylic acid groups (broad SMARTS) is 1. The Morgan fingerprint density at radius 3 is 3.00 bits per heavy atom. The molecular weight excluding hydrogens is 236 g/mol. The molecule has 0 bridgehead atoms. The summed E-state index contributed by atoms with van der Waals surface area (Å²) in [4.78, 5) is 10.4. The molecule has 2 heteroatoms. The van der Waals surface area contributed by atoms with Crippen LogP contribution in [-0.2, 0) is 11.2 Å². The quantitative estimate of drug-likeness (QED) is 0.610. The number of unbranched alkanes of at least 4 members (excludes halogenated alkanes) is 2. The summed E-state index contributed by atoms with van der Waals surface area (Å²) in [5.41, 5.74) is 2.98. The van der Waals surface area contributed by atoms with E-state index in [0.717, 1.165) is 19.3 Å². The van der Waals surface area contributed by atoms with Crippen molar-refractivity contribution in [3.63, 3.8) is 0 Å². The van der Waals surface area contributed by atoms with Crippen molar-refractivity contribution in [1.29, 1.82) is 0 Å². The second kappa shape index (κ2) is 7.13. The summed E-state index contributed by atoms with van der Waals surface area (Å²) in [6.45, 7) is 0. The van der Waals surface area contributed by atoms with E-state index in [4.69, 9.17) is 5.11 Å². The number of hydrogen-bond acceptors (Lipinski definition) is 1. The van der Waals surface area contributed by atoms with Gasteiger partial charge in [0.2, 0.25) is 0 Å². The lowest BCUT2D eigenvalue weighted by atomic mass is 9.82. The summed E-state index contributed by atoms with van der Waals surface area (Å²) in [6, 6.07) is 8.73. The maximum atomic E-state index is 10.4. The molecule has 1 aromatic rings. The van der Waals surface area contributed by atoms with Crippen LogP contribution in [0.1, 0.15) is 55.6 Å². The molecule has 0 radical (unpaired) electrons. The first-order valence-electron chi connectivity index (χ1n) is 7.23. The van der Waals surface area contributed by atoms with Crippen LogP contribution in [0, 0.1) is 0 Å². The van der Waals surface area contributed by atoms with Crippen LogP contribution >= 0.6 is 0 Å². The molecule has 0 saturated carbocycles. The molecule has 1 N–H and O–H groups in total. The van der Waals surface area contributed by atoms with Gasteiger partial charge in [0, 0.05) is 12.3 Å². The van der Waals surface area contributed by atoms with Crippen LogP contribution in [0.15, 0.2) is 36.4 Å². The number of rotatable bonds is 6. The van der Waals surface area contributed by atoms with Crippen molar-refractivity contribution in [3.8, 4) is 0 Å². The van der Waals surface area contributed by atoms with Crippen molar-refractivity contribution < 1.29 is 9.90 Å². The molecule has 0 heterocycles. The van der Waals surface area contributed by atoms with E-state index in [9.17, 15) is 4.79 Å². The average molecular weight is 258 g/mol. The Bertz CT molecular complexity index is 448. The van der Waals surface area contributed by atoms with Gasteiger partial charge in [-0.2, -0.15) is 0 Å². The Kier molecular flexibility index (Phi) is 5.20. The zero-order chi connectivity index (χ0) is 13.5. The van der Waals surface area contributed by atoms with E-state index >= 15 is 0 Å². The molecule has 0 aromatic heterocycles. The maximum absolute atomic E-state index is 10.4. The SMILES string of the molecule is O=C(O)CCCCC=CC1CCCc2ccccc21. The monoisotopic (exact) mass is 258 g/mol. The molecule has 1 aromatic carbocycles. The number of fused-ring (bicyclic) bond motifs is 1. The van der Waals surface area contributed by atoms with E-state index in [2.05, 4.69) is 36.4 Å². The fourth-order valence-electron chi connectivity index (χ4n) is 2.79. The molecule has 19 heavy (non-hydrogen) atoms. The minimum atomic E-state index is -0.690. The van der Waals surface area contributed by atoms with Gasteiger partial charge in [-0.05, 0) is 49.7 Å². The highest BCUT2D eigenvalue weighted by Crippen LogP contribution is 2.32. The molecule has 0 spiro atoms. The molecule has 102 valence electrons. The minimum Gasteiger partial charge on any atom is -0.481 e.